The molecular formula is C28H20BrF2NO2. The summed E-state index contributed by atoms with van der Waals surface area (Å²) in [4.78, 5) is 15.9. The van der Waals surface area contributed by atoms with E-state index in [4.69, 9.17) is 0 Å². The predicted octanol–water partition coefficient (Wildman–Crippen LogP) is 6.64. The molecule has 0 aliphatic heterocycles. The lowest BCUT2D eigenvalue weighted by atomic mass is 9.71. The van der Waals surface area contributed by atoms with E-state index in [9.17, 15) is 18.7 Å². The number of hydrogen-bond acceptors (Lipinski definition) is 2. The van der Waals surface area contributed by atoms with Crippen molar-refractivity contribution in [1.29, 1.82) is 0 Å². The van der Waals surface area contributed by atoms with Gasteiger partial charge in [-0.25, -0.2) is 8.78 Å². The van der Waals surface area contributed by atoms with E-state index in [1.165, 1.54) is 6.08 Å². The molecule has 170 valence electrons. The van der Waals surface area contributed by atoms with Gasteiger partial charge in [-0.3, -0.25) is 4.79 Å². The number of nitrogens with one attached hydrogen (secondary N) is 1. The van der Waals surface area contributed by atoms with Crippen molar-refractivity contribution < 1.29 is 13.9 Å². The Labute approximate surface area is 203 Å². The number of pyridine rings is 1. The number of hydrogen-bond donors (Lipinski definition) is 2. The van der Waals surface area contributed by atoms with Crippen molar-refractivity contribution in [2.24, 2.45) is 0 Å². The lowest BCUT2D eigenvalue weighted by Crippen LogP contribution is -2.41. The van der Waals surface area contributed by atoms with E-state index in [1.54, 1.807) is 42.6 Å². The Balaban J connectivity index is 2.00. The highest BCUT2D eigenvalue weighted by atomic mass is 79.9. The highest BCUT2D eigenvalue weighted by Gasteiger charge is 2.45. The molecule has 0 spiro atoms. The number of aliphatic hydroxyl groups is 1. The van der Waals surface area contributed by atoms with Gasteiger partial charge in [-0.2, -0.15) is 0 Å². The maximum absolute atomic E-state index is 15.0. The van der Waals surface area contributed by atoms with Gasteiger partial charge in [0.15, 0.2) is 11.7 Å². The molecule has 1 aliphatic rings. The van der Waals surface area contributed by atoms with Crippen LogP contribution in [0.15, 0.2) is 124 Å². The average molecular weight is 520 g/mol. The summed E-state index contributed by atoms with van der Waals surface area (Å²) < 4.78 is 30.1. The van der Waals surface area contributed by atoms with Crippen LogP contribution in [0.25, 0.3) is 11.1 Å². The van der Waals surface area contributed by atoms with Crippen LogP contribution in [-0.4, -0.2) is 15.7 Å². The Morgan fingerprint density at radius 1 is 1.12 bits per heavy atom. The number of aromatic nitrogens is 1. The number of benzene rings is 2. The first-order chi connectivity index (χ1) is 16.3. The summed E-state index contributed by atoms with van der Waals surface area (Å²) in [5.41, 5.74) is 4.27. The molecule has 0 radical (unpaired) electrons. The first-order valence-electron chi connectivity index (χ1n) is 10.5. The minimum Gasteiger partial charge on any atom is -0.383 e. The van der Waals surface area contributed by atoms with Crippen molar-refractivity contribution >= 4 is 15.9 Å². The third-order valence-corrected chi connectivity index (χ3v) is 6.27. The Morgan fingerprint density at radius 3 is 2.50 bits per heavy atom. The van der Waals surface area contributed by atoms with Crippen LogP contribution in [0.4, 0.5) is 8.78 Å². The van der Waals surface area contributed by atoms with Crippen LogP contribution < -0.4 is 5.56 Å². The minimum atomic E-state index is -2.07. The quantitative estimate of drug-likeness (QED) is 0.271. The molecule has 34 heavy (non-hydrogen) atoms. The van der Waals surface area contributed by atoms with Gasteiger partial charge in [0.2, 0.25) is 0 Å². The van der Waals surface area contributed by atoms with Crippen LogP contribution in [0.2, 0.25) is 0 Å². The second-order valence-corrected chi connectivity index (χ2v) is 8.81. The van der Waals surface area contributed by atoms with Crippen LogP contribution in [0.1, 0.15) is 23.5 Å². The molecule has 4 rings (SSSR count). The van der Waals surface area contributed by atoms with Gasteiger partial charge in [0.05, 0.1) is 5.57 Å². The maximum atomic E-state index is 15.0. The summed E-state index contributed by atoms with van der Waals surface area (Å²) in [6, 6.07) is 17.9. The SMILES string of the molecule is C=CCC(O)(C1=C=C=CC(F)=C1F)C(c1ccccc1)c1cc(-c2ccc(Br)cc2)c[nH]c1=O. The first-order valence-corrected chi connectivity index (χ1v) is 11.3. The van der Waals surface area contributed by atoms with E-state index < -0.39 is 34.3 Å². The second kappa shape index (κ2) is 9.76. The maximum Gasteiger partial charge on any atom is 0.251 e. The van der Waals surface area contributed by atoms with Crippen molar-refractivity contribution in [3.8, 4) is 11.1 Å². The number of H-pyrrole nitrogens is 1. The summed E-state index contributed by atoms with van der Waals surface area (Å²) in [5.74, 6) is -3.48. The molecule has 1 aromatic heterocycles. The molecule has 2 N–H and O–H groups in total. The number of rotatable bonds is 7. The molecule has 0 saturated heterocycles. The Bertz CT molecular complexity index is 1430. The molecule has 1 heterocycles. The van der Waals surface area contributed by atoms with Crippen molar-refractivity contribution in [2.45, 2.75) is 17.9 Å². The first kappa shape index (κ1) is 23.6. The van der Waals surface area contributed by atoms with Crippen molar-refractivity contribution in [3.63, 3.8) is 0 Å². The number of halogens is 3. The fourth-order valence-electron chi connectivity index (χ4n) is 4.17. The fourth-order valence-corrected chi connectivity index (χ4v) is 4.44. The van der Waals surface area contributed by atoms with E-state index in [2.05, 4.69) is 39.0 Å². The lowest BCUT2D eigenvalue weighted by molar-refractivity contribution is 0.0627. The Morgan fingerprint density at radius 2 is 1.82 bits per heavy atom. The smallest absolute Gasteiger partial charge is 0.251 e. The summed E-state index contributed by atoms with van der Waals surface area (Å²) in [6.07, 6.45) is 3.62. The molecule has 2 aromatic carbocycles. The van der Waals surface area contributed by atoms with Crippen LogP contribution in [0.5, 0.6) is 0 Å². The molecule has 2 unspecified atom stereocenters. The lowest BCUT2D eigenvalue weighted by Gasteiger charge is -2.37. The second-order valence-electron chi connectivity index (χ2n) is 7.89. The van der Waals surface area contributed by atoms with Gasteiger partial charge in [-0.05, 0) is 41.3 Å². The minimum absolute atomic E-state index is 0.167. The Kier molecular flexibility index (Phi) is 6.78. The summed E-state index contributed by atoms with van der Waals surface area (Å²) in [7, 11) is 0. The largest absolute Gasteiger partial charge is 0.383 e. The van der Waals surface area contributed by atoms with Gasteiger partial charge in [-0.1, -0.05) is 75.9 Å². The van der Waals surface area contributed by atoms with Gasteiger partial charge >= 0.3 is 0 Å². The van der Waals surface area contributed by atoms with Gasteiger partial charge in [0.1, 0.15) is 5.60 Å². The molecule has 2 atom stereocenters. The van der Waals surface area contributed by atoms with E-state index in [1.807, 2.05) is 24.3 Å². The monoisotopic (exact) mass is 519 g/mol. The highest BCUT2D eigenvalue weighted by Crippen LogP contribution is 2.45. The molecule has 0 amide bonds. The summed E-state index contributed by atoms with van der Waals surface area (Å²) in [6.45, 7) is 3.70. The molecular weight excluding hydrogens is 500 g/mol. The van der Waals surface area contributed by atoms with E-state index in [-0.39, 0.29) is 12.0 Å². The zero-order valence-corrected chi connectivity index (χ0v) is 19.6. The summed E-state index contributed by atoms with van der Waals surface area (Å²) >= 11 is 3.41. The number of aromatic amines is 1. The molecule has 1 aliphatic carbocycles. The molecule has 0 fully saturated rings. The van der Waals surface area contributed by atoms with Crippen molar-refractivity contribution in [1.82, 2.24) is 4.98 Å². The topological polar surface area (TPSA) is 53.1 Å². The van der Waals surface area contributed by atoms with E-state index in [0.717, 1.165) is 16.1 Å². The summed E-state index contributed by atoms with van der Waals surface area (Å²) in [5, 5.41) is 12.0. The molecule has 6 heteroatoms. The van der Waals surface area contributed by atoms with Crippen LogP contribution in [0.3, 0.4) is 0 Å². The van der Waals surface area contributed by atoms with Gasteiger partial charge in [0.25, 0.3) is 5.56 Å². The normalized spacial score (nSPS) is 15.6. The van der Waals surface area contributed by atoms with E-state index >= 15 is 0 Å². The van der Waals surface area contributed by atoms with Gasteiger partial charge < -0.3 is 10.1 Å². The standard InChI is InChI=1S/C28H20BrF2NO2/c1-2-15-28(34,23-9-6-10-24(30)26(23)31)25(19-7-4-3-5-8-19)22-16-20(17-32-27(22)33)18-11-13-21(29)14-12-18/h2-5,7-8,10-14,16-17,25,34H,1,15H2,(H,32,33). The van der Waals surface area contributed by atoms with E-state index in [0.29, 0.717) is 11.1 Å². The molecule has 3 aromatic rings. The van der Waals surface area contributed by atoms with Gasteiger partial charge in [0, 0.05) is 28.2 Å². The highest BCUT2D eigenvalue weighted by molar-refractivity contribution is 9.10. The molecule has 0 saturated carbocycles. The molecule has 3 nitrogen and oxygen atoms in total. The number of allylic oxidation sites excluding steroid dienone is 2. The molecule has 0 bridgehead atoms. The third-order valence-electron chi connectivity index (χ3n) is 5.74. The fraction of sp³-hybridized carbons (Fsp3) is 0.107. The van der Waals surface area contributed by atoms with Gasteiger partial charge in [-0.15, -0.1) is 6.58 Å². The third kappa shape index (κ3) is 4.45. The average Bonchev–Trinajstić information content (AvgIpc) is 2.83. The Hall–Kier alpha value is -3.53. The van der Waals surface area contributed by atoms with Crippen LogP contribution >= 0.6 is 15.9 Å². The predicted molar refractivity (Wildman–Crippen MR) is 133 cm³/mol. The zero-order chi connectivity index (χ0) is 24.3. The van der Waals surface area contributed by atoms with Crippen molar-refractivity contribution in [2.75, 3.05) is 0 Å². The van der Waals surface area contributed by atoms with Crippen LogP contribution in [0, 0.1) is 0 Å². The van der Waals surface area contributed by atoms with Crippen molar-refractivity contribution in [3.05, 3.63) is 140 Å². The van der Waals surface area contributed by atoms with Crippen LogP contribution in [-0.2, 0) is 0 Å². The zero-order valence-electron chi connectivity index (χ0n) is 18.0.